The van der Waals surface area contributed by atoms with Crippen molar-refractivity contribution in [3.05, 3.63) is 53.9 Å². The molecule has 0 fully saturated rings. The number of aromatic carboxylic acids is 1. The van der Waals surface area contributed by atoms with Gasteiger partial charge in [-0.25, -0.2) is 4.79 Å². The van der Waals surface area contributed by atoms with Gasteiger partial charge in [0.2, 0.25) is 0 Å². The van der Waals surface area contributed by atoms with Gasteiger partial charge in [0, 0.05) is 23.6 Å². The lowest BCUT2D eigenvalue weighted by Crippen LogP contribution is -2.07. The molecule has 0 bridgehead atoms. The number of carbonyl (C=O) groups is 2. The van der Waals surface area contributed by atoms with E-state index >= 15 is 0 Å². The van der Waals surface area contributed by atoms with Crippen molar-refractivity contribution in [2.45, 2.75) is 0 Å². The fraction of sp³-hybridized carbons (Fsp3) is 0. The minimum Gasteiger partial charge on any atom is -0.477 e. The largest absolute Gasteiger partial charge is 0.477 e. The van der Waals surface area contributed by atoms with Crippen LogP contribution in [0.3, 0.4) is 0 Å². The zero-order valence-electron chi connectivity index (χ0n) is 9.83. The third kappa shape index (κ3) is 1.81. The second-order valence-corrected chi connectivity index (χ2v) is 4.15. The van der Waals surface area contributed by atoms with Crippen molar-refractivity contribution in [1.82, 2.24) is 4.57 Å². The second-order valence-electron chi connectivity index (χ2n) is 4.15. The number of nitrogens with zero attached hydrogens (tertiary/aromatic N) is 1. The van der Waals surface area contributed by atoms with Gasteiger partial charge in [0.25, 0.3) is 5.91 Å². The first kappa shape index (κ1) is 11.3. The van der Waals surface area contributed by atoms with E-state index in [1.54, 1.807) is 12.3 Å². The predicted octanol–water partition coefficient (Wildman–Crippen LogP) is 2.14. The SMILES string of the molecule is O=C1Nc2ccccc2C1=Cn1cccc1C(=O)O. The number of aromatic nitrogens is 1. The number of anilines is 1. The summed E-state index contributed by atoms with van der Waals surface area (Å²) in [5, 5.41) is 11.8. The number of benzene rings is 1. The Balaban J connectivity index is 2.12. The van der Waals surface area contributed by atoms with E-state index in [4.69, 9.17) is 5.11 Å². The molecule has 19 heavy (non-hydrogen) atoms. The van der Waals surface area contributed by atoms with Crippen LogP contribution in [0, 0.1) is 0 Å². The first-order valence-corrected chi connectivity index (χ1v) is 5.69. The van der Waals surface area contributed by atoms with Crippen molar-refractivity contribution in [1.29, 1.82) is 0 Å². The highest BCUT2D eigenvalue weighted by Gasteiger charge is 2.24. The van der Waals surface area contributed by atoms with Crippen LogP contribution in [0.5, 0.6) is 0 Å². The van der Waals surface area contributed by atoms with E-state index in [9.17, 15) is 9.59 Å². The molecule has 3 rings (SSSR count). The molecule has 0 atom stereocenters. The highest BCUT2D eigenvalue weighted by atomic mass is 16.4. The van der Waals surface area contributed by atoms with Crippen LogP contribution < -0.4 is 5.32 Å². The van der Waals surface area contributed by atoms with Gasteiger partial charge in [-0.1, -0.05) is 18.2 Å². The standard InChI is InChI=1S/C14H10N2O3/c17-13-10(9-4-1-2-5-11(9)15-13)8-16-7-3-6-12(16)14(18)19/h1-8H,(H,15,17)(H,18,19). The molecule has 0 unspecified atom stereocenters. The fourth-order valence-corrected chi connectivity index (χ4v) is 2.09. The van der Waals surface area contributed by atoms with E-state index in [0.29, 0.717) is 5.57 Å². The molecule has 1 aliphatic heterocycles. The lowest BCUT2D eigenvalue weighted by atomic mass is 10.1. The second kappa shape index (κ2) is 4.13. The van der Waals surface area contributed by atoms with Crippen LogP contribution >= 0.6 is 0 Å². The van der Waals surface area contributed by atoms with Crippen LogP contribution in [-0.4, -0.2) is 21.6 Å². The summed E-state index contributed by atoms with van der Waals surface area (Å²) in [4.78, 5) is 22.9. The lowest BCUT2D eigenvalue weighted by molar-refractivity contribution is -0.110. The van der Waals surface area contributed by atoms with E-state index in [1.165, 1.54) is 16.8 Å². The van der Waals surface area contributed by atoms with Gasteiger partial charge in [0.05, 0.1) is 5.57 Å². The number of carbonyl (C=O) groups excluding carboxylic acids is 1. The van der Waals surface area contributed by atoms with Crippen LogP contribution in [0.1, 0.15) is 16.1 Å². The quantitative estimate of drug-likeness (QED) is 0.806. The number of carboxylic acids is 1. The zero-order chi connectivity index (χ0) is 13.4. The predicted molar refractivity (Wildman–Crippen MR) is 70.6 cm³/mol. The molecule has 0 aliphatic carbocycles. The van der Waals surface area contributed by atoms with Gasteiger partial charge < -0.3 is 15.0 Å². The summed E-state index contributed by atoms with van der Waals surface area (Å²) in [6, 6.07) is 10.4. The molecule has 1 aromatic heterocycles. The van der Waals surface area contributed by atoms with Gasteiger partial charge >= 0.3 is 5.97 Å². The maximum absolute atomic E-state index is 11.9. The molecule has 2 N–H and O–H groups in total. The van der Waals surface area contributed by atoms with Crippen molar-refractivity contribution in [2.75, 3.05) is 5.32 Å². The molecule has 1 aromatic carbocycles. The molecule has 5 nitrogen and oxygen atoms in total. The zero-order valence-corrected chi connectivity index (χ0v) is 9.83. The van der Waals surface area contributed by atoms with Gasteiger partial charge in [0.1, 0.15) is 5.69 Å². The number of amides is 1. The number of para-hydroxylation sites is 1. The van der Waals surface area contributed by atoms with Crippen LogP contribution in [-0.2, 0) is 4.79 Å². The Morgan fingerprint density at radius 3 is 2.79 bits per heavy atom. The Hall–Kier alpha value is -2.82. The number of carboxylic acid groups (broad SMARTS) is 1. The topological polar surface area (TPSA) is 71.3 Å². The Labute approximate surface area is 108 Å². The van der Waals surface area contributed by atoms with Crippen molar-refractivity contribution < 1.29 is 14.7 Å². The Morgan fingerprint density at radius 2 is 2.00 bits per heavy atom. The summed E-state index contributed by atoms with van der Waals surface area (Å²) in [6.07, 6.45) is 3.13. The minimum absolute atomic E-state index is 0.115. The molecule has 1 aliphatic rings. The van der Waals surface area contributed by atoms with Crippen molar-refractivity contribution in [2.24, 2.45) is 0 Å². The maximum atomic E-state index is 11.9. The van der Waals surface area contributed by atoms with E-state index in [0.717, 1.165) is 11.3 Å². The first-order valence-electron chi connectivity index (χ1n) is 5.69. The summed E-state index contributed by atoms with van der Waals surface area (Å²) in [6.45, 7) is 0. The molecule has 5 heteroatoms. The fourth-order valence-electron chi connectivity index (χ4n) is 2.09. The van der Waals surface area contributed by atoms with Gasteiger partial charge in [-0.15, -0.1) is 0 Å². The summed E-state index contributed by atoms with van der Waals surface area (Å²) in [5.74, 6) is -1.26. The van der Waals surface area contributed by atoms with Crippen molar-refractivity contribution >= 4 is 29.3 Å². The normalized spacial score (nSPS) is 15.4. The lowest BCUT2D eigenvalue weighted by Gasteiger charge is -2.01. The van der Waals surface area contributed by atoms with E-state index in [-0.39, 0.29) is 11.6 Å². The van der Waals surface area contributed by atoms with E-state index < -0.39 is 5.97 Å². The smallest absolute Gasteiger partial charge is 0.352 e. The van der Waals surface area contributed by atoms with Gasteiger partial charge in [-0.2, -0.15) is 0 Å². The number of fused-ring (bicyclic) bond motifs is 1. The van der Waals surface area contributed by atoms with Crippen LogP contribution in [0.15, 0.2) is 42.6 Å². The highest BCUT2D eigenvalue weighted by Crippen LogP contribution is 2.31. The average molecular weight is 254 g/mol. The minimum atomic E-state index is -1.03. The van der Waals surface area contributed by atoms with Crippen LogP contribution in [0.25, 0.3) is 11.8 Å². The van der Waals surface area contributed by atoms with E-state index in [1.807, 2.05) is 24.3 Å². The van der Waals surface area contributed by atoms with Crippen molar-refractivity contribution in [3.8, 4) is 0 Å². The highest BCUT2D eigenvalue weighted by molar-refractivity contribution is 6.34. The molecular formula is C14H10N2O3. The monoisotopic (exact) mass is 254 g/mol. The number of hydrogen-bond donors (Lipinski definition) is 2. The van der Waals surface area contributed by atoms with Crippen molar-refractivity contribution in [3.63, 3.8) is 0 Å². The molecule has 0 saturated carbocycles. The van der Waals surface area contributed by atoms with E-state index in [2.05, 4.69) is 5.32 Å². The number of hydrogen-bond acceptors (Lipinski definition) is 2. The summed E-state index contributed by atoms with van der Waals surface area (Å²) < 4.78 is 1.43. The molecular weight excluding hydrogens is 244 g/mol. The summed E-state index contributed by atoms with van der Waals surface area (Å²) in [7, 11) is 0. The summed E-state index contributed by atoms with van der Waals surface area (Å²) in [5.41, 5.74) is 2.08. The average Bonchev–Trinajstić information content (AvgIpc) is 2.96. The molecule has 0 radical (unpaired) electrons. The molecule has 1 amide bonds. The third-order valence-electron chi connectivity index (χ3n) is 2.98. The Kier molecular flexibility index (Phi) is 2.45. The van der Waals surface area contributed by atoms with Gasteiger partial charge in [0.15, 0.2) is 0 Å². The Morgan fingerprint density at radius 1 is 1.21 bits per heavy atom. The molecule has 94 valence electrons. The first-order chi connectivity index (χ1) is 9.16. The van der Waals surface area contributed by atoms with Gasteiger partial charge in [-0.05, 0) is 18.2 Å². The maximum Gasteiger partial charge on any atom is 0.352 e. The Bertz CT molecular complexity index is 713. The summed E-state index contributed by atoms with van der Waals surface area (Å²) >= 11 is 0. The molecule has 2 aromatic rings. The number of nitrogens with one attached hydrogen (secondary N) is 1. The molecule has 0 spiro atoms. The molecule has 2 heterocycles. The van der Waals surface area contributed by atoms with Gasteiger partial charge in [-0.3, -0.25) is 4.79 Å². The third-order valence-corrected chi connectivity index (χ3v) is 2.98. The van der Waals surface area contributed by atoms with Crippen LogP contribution in [0.4, 0.5) is 5.69 Å². The number of rotatable bonds is 2. The van der Waals surface area contributed by atoms with Crippen LogP contribution in [0.2, 0.25) is 0 Å². The molecule has 0 saturated heterocycles.